The molecule has 2 aromatic heterocycles. The standard InChI is InChI=1S/C29H27F3N4O/c1-37-25-7-3-5-23(17-25)26-18-34-28(22-8-12-33-13-9-22)35-27(26)21-10-14-36(15-11-21)19-20-4-2-6-24(16-20)29(30,31)32/h2-9,12-13,16-18,21H,10-11,14-15,19H2,1H3. The van der Waals surface area contributed by atoms with Gasteiger partial charge in [-0.05, 0) is 67.4 Å². The van der Waals surface area contributed by atoms with Crippen LogP contribution in [0.25, 0.3) is 22.5 Å². The van der Waals surface area contributed by atoms with E-state index in [9.17, 15) is 13.2 Å². The molecule has 5 rings (SSSR count). The number of hydrogen-bond donors (Lipinski definition) is 0. The molecule has 0 amide bonds. The Kier molecular flexibility index (Phi) is 7.19. The summed E-state index contributed by atoms with van der Waals surface area (Å²) in [6.45, 7) is 2.03. The number of nitrogens with zero attached hydrogens (tertiary/aromatic N) is 4. The quantitative estimate of drug-likeness (QED) is 0.296. The Morgan fingerprint density at radius 2 is 1.70 bits per heavy atom. The number of pyridine rings is 1. The molecule has 1 fully saturated rings. The fraction of sp³-hybridized carbons (Fsp3) is 0.276. The van der Waals surface area contributed by atoms with E-state index < -0.39 is 11.7 Å². The van der Waals surface area contributed by atoms with Gasteiger partial charge in [-0.2, -0.15) is 13.2 Å². The molecule has 0 N–H and O–H groups in total. The molecule has 5 nitrogen and oxygen atoms in total. The molecule has 3 heterocycles. The third kappa shape index (κ3) is 5.80. The van der Waals surface area contributed by atoms with Crippen LogP contribution in [0.5, 0.6) is 5.75 Å². The second-order valence-electron chi connectivity index (χ2n) is 9.21. The van der Waals surface area contributed by atoms with Crippen molar-refractivity contribution < 1.29 is 17.9 Å². The number of methoxy groups -OCH3 is 1. The Morgan fingerprint density at radius 3 is 2.43 bits per heavy atom. The highest BCUT2D eigenvalue weighted by molar-refractivity contribution is 5.69. The summed E-state index contributed by atoms with van der Waals surface area (Å²) in [7, 11) is 1.64. The number of benzene rings is 2. The fourth-order valence-electron chi connectivity index (χ4n) is 4.83. The minimum absolute atomic E-state index is 0.197. The Balaban J connectivity index is 1.39. The van der Waals surface area contributed by atoms with E-state index in [2.05, 4.69) is 14.9 Å². The van der Waals surface area contributed by atoms with E-state index in [1.165, 1.54) is 12.1 Å². The van der Waals surface area contributed by atoms with E-state index in [1.54, 1.807) is 25.6 Å². The van der Waals surface area contributed by atoms with Crippen molar-refractivity contribution in [1.82, 2.24) is 19.9 Å². The van der Waals surface area contributed by atoms with Gasteiger partial charge >= 0.3 is 6.18 Å². The highest BCUT2D eigenvalue weighted by atomic mass is 19.4. The third-order valence-electron chi connectivity index (χ3n) is 6.77. The molecule has 37 heavy (non-hydrogen) atoms. The van der Waals surface area contributed by atoms with Crippen LogP contribution in [0.15, 0.2) is 79.3 Å². The zero-order valence-electron chi connectivity index (χ0n) is 20.4. The molecule has 0 aliphatic carbocycles. The molecule has 0 saturated carbocycles. The Labute approximate surface area is 214 Å². The van der Waals surface area contributed by atoms with Crippen LogP contribution in [0.4, 0.5) is 13.2 Å². The van der Waals surface area contributed by atoms with Crippen molar-refractivity contribution in [3.8, 4) is 28.3 Å². The average molecular weight is 505 g/mol. The van der Waals surface area contributed by atoms with Crippen LogP contribution in [0.3, 0.4) is 0 Å². The normalized spacial score (nSPS) is 15.0. The van der Waals surface area contributed by atoms with Crippen molar-refractivity contribution in [2.24, 2.45) is 0 Å². The molecular formula is C29H27F3N4O. The van der Waals surface area contributed by atoms with E-state index in [4.69, 9.17) is 9.72 Å². The SMILES string of the molecule is COc1cccc(-c2cnc(-c3ccncc3)nc2C2CCN(Cc3cccc(C(F)(F)F)c3)CC2)c1. The highest BCUT2D eigenvalue weighted by Crippen LogP contribution is 2.36. The zero-order chi connectivity index (χ0) is 25.8. The molecule has 4 aromatic rings. The minimum atomic E-state index is -4.33. The van der Waals surface area contributed by atoms with Gasteiger partial charge < -0.3 is 4.74 Å². The molecule has 0 unspecified atom stereocenters. The predicted octanol–water partition coefficient (Wildman–Crippen LogP) is 6.61. The number of halogens is 3. The topological polar surface area (TPSA) is 51.1 Å². The van der Waals surface area contributed by atoms with Gasteiger partial charge in [0.05, 0.1) is 18.4 Å². The summed E-state index contributed by atoms with van der Waals surface area (Å²) in [5.74, 6) is 1.61. The Morgan fingerprint density at radius 1 is 0.946 bits per heavy atom. The number of piperidine rings is 1. The molecule has 0 spiro atoms. The van der Waals surface area contributed by atoms with Gasteiger partial charge in [0.1, 0.15) is 5.75 Å². The molecule has 190 valence electrons. The third-order valence-corrected chi connectivity index (χ3v) is 6.77. The number of alkyl halides is 3. The monoisotopic (exact) mass is 504 g/mol. The second kappa shape index (κ2) is 10.7. The first kappa shape index (κ1) is 24.9. The van der Waals surface area contributed by atoms with Crippen LogP contribution in [0.1, 0.15) is 35.6 Å². The second-order valence-corrected chi connectivity index (χ2v) is 9.21. The van der Waals surface area contributed by atoms with Gasteiger partial charge in [-0.15, -0.1) is 0 Å². The van der Waals surface area contributed by atoms with Gasteiger partial charge in [0.2, 0.25) is 0 Å². The number of likely N-dealkylation sites (tertiary alicyclic amines) is 1. The van der Waals surface area contributed by atoms with Crippen molar-refractivity contribution in [2.45, 2.75) is 31.5 Å². The van der Waals surface area contributed by atoms with Gasteiger partial charge in [0, 0.05) is 42.2 Å². The van der Waals surface area contributed by atoms with E-state index in [1.807, 2.05) is 42.6 Å². The Hall–Kier alpha value is -3.78. The van der Waals surface area contributed by atoms with Crippen LogP contribution >= 0.6 is 0 Å². The number of hydrogen-bond acceptors (Lipinski definition) is 5. The maximum absolute atomic E-state index is 13.1. The first-order valence-corrected chi connectivity index (χ1v) is 12.2. The molecule has 1 aliphatic rings. The van der Waals surface area contributed by atoms with Crippen LogP contribution in [-0.2, 0) is 12.7 Å². The summed E-state index contributed by atoms with van der Waals surface area (Å²) in [5, 5.41) is 0. The first-order chi connectivity index (χ1) is 17.9. The lowest BCUT2D eigenvalue weighted by Crippen LogP contribution is -2.33. The molecule has 1 aliphatic heterocycles. The number of aromatic nitrogens is 3. The smallest absolute Gasteiger partial charge is 0.416 e. The van der Waals surface area contributed by atoms with Gasteiger partial charge in [0.15, 0.2) is 5.82 Å². The van der Waals surface area contributed by atoms with Crippen molar-refractivity contribution in [2.75, 3.05) is 20.2 Å². The first-order valence-electron chi connectivity index (χ1n) is 12.2. The molecule has 0 radical (unpaired) electrons. The molecular weight excluding hydrogens is 477 g/mol. The summed E-state index contributed by atoms with van der Waals surface area (Å²) in [6.07, 6.45) is 2.69. The van der Waals surface area contributed by atoms with E-state index >= 15 is 0 Å². The Bertz CT molecular complexity index is 1350. The van der Waals surface area contributed by atoms with Crippen molar-refractivity contribution in [3.05, 3.63) is 96.1 Å². The number of ether oxygens (including phenoxy) is 1. The van der Waals surface area contributed by atoms with E-state index in [-0.39, 0.29) is 5.92 Å². The maximum atomic E-state index is 13.1. The molecule has 8 heteroatoms. The lowest BCUT2D eigenvalue weighted by molar-refractivity contribution is -0.137. The van der Waals surface area contributed by atoms with Crippen LogP contribution < -0.4 is 4.74 Å². The van der Waals surface area contributed by atoms with Crippen molar-refractivity contribution in [3.63, 3.8) is 0 Å². The van der Waals surface area contributed by atoms with Crippen LogP contribution in [-0.4, -0.2) is 40.1 Å². The average Bonchev–Trinajstić information content (AvgIpc) is 2.93. The zero-order valence-corrected chi connectivity index (χ0v) is 20.4. The summed E-state index contributed by atoms with van der Waals surface area (Å²) in [6, 6.07) is 17.2. The highest BCUT2D eigenvalue weighted by Gasteiger charge is 2.31. The summed E-state index contributed by atoms with van der Waals surface area (Å²) in [5.41, 5.74) is 3.90. The largest absolute Gasteiger partial charge is 0.497 e. The molecule has 0 atom stereocenters. The van der Waals surface area contributed by atoms with Crippen LogP contribution in [0.2, 0.25) is 0 Å². The molecule has 2 aromatic carbocycles. The lowest BCUT2D eigenvalue weighted by atomic mass is 9.88. The fourth-order valence-corrected chi connectivity index (χ4v) is 4.83. The van der Waals surface area contributed by atoms with Gasteiger partial charge in [-0.1, -0.05) is 30.3 Å². The lowest BCUT2D eigenvalue weighted by Gasteiger charge is -2.32. The maximum Gasteiger partial charge on any atom is 0.416 e. The summed E-state index contributed by atoms with van der Waals surface area (Å²) < 4.78 is 44.8. The van der Waals surface area contributed by atoms with Crippen molar-refractivity contribution >= 4 is 0 Å². The van der Waals surface area contributed by atoms with Gasteiger partial charge in [-0.3, -0.25) is 9.88 Å². The summed E-state index contributed by atoms with van der Waals surface area (Å²) >= 11 is 0. The van der Waals surface area contributed by atoms with Gasteiger partial charge in [0.25, 0.3) is 0 Å². The number of rotatable bonds is 6. The predicted molar refractivity (Wildman–Crippen MR) is 136 cm³/mol. The molecule has 0 bridgehead atoms. The van der Waals surface area contributed by atoms with Gasteiger partial charge in [-0.25, -0.2) is 9.97 Å². The van der Waals surface area contributed by atoms with E-state index in [0.29, 0.717) is 17.9 Å². The van der Waals surface area contributed by atoms with E-state index in [0.717, 1.165) is 60.1 Å². The minimum Gasteiger partial charge on any atom is -0.497 e. The summed E-state index contributed by atoms with van der Waals surface area (Å²) in [4.78, 5) is 16.0. The molecule has 1 saturated heterocycles. The van der Waals surface area contributed by atoms with Crippen molar-refractivity contribution in [1.29, 1.82) is 0 Å². The van der Waals surface area contributed by atoms with Crippen LogP contribution in [0, 0.1) is 0 Å².